The highest BCUT2D eigenvalue weighted by Crippen LogP contribution is 2.09. The molecule has 1 atom stereocenters. The molecule has 0 spiro atoms. The van der Waals surface area contributed by atoms with Crippen LogP contribution in [0.15, 0.2) is 0 Å². The molecule has 20 heavy (non-hydrogen) atoms. The van der Waals surface area contributed by atoms with Gasteiger partial charge in [0.15, 0.2) is 0 Å². The zero-order chi connectivity index (χ0) is 15.1. The van der Waals surface area contributed by atoms with Crippen molar-refractivity contribution in [2.24, 2.45) is 0 Å². The third kappa shape index (κ3) is 12.8. The highest BCUT2D eigenvalue weighted by atomic mass is 16.9. The van der Waals surface area contributed by atoms with E-state index in [2.05, 4.69) is 6.92 Å². The second-order valence-corrected chi connectivity index (χ2v) is 4.84. The molecule has 0 aliphatic heterocycles. The molecule has 122 valence electrons. The number of hydrogen-bond donors (Lipinski definition) is 3. The average Bonchev–Trinajstić information content (AvgIpc) is 2.45. The molecule has 0 saturated carbocycles. The molecule has 0 heterocycles. The van der Waals surface area contributed by atoms with Gasteiger partial charge in [0.25, 0.3) is 0 Å². The van der Waals surface area contributed by atoms with Gasteiger partial charge in [-0.3, -0.25) is 9.68 Å². The smallest absolute Gasteiger partial charge is 0.0942 e. The number of aliphatic hydroxyl groups is 3. The monoisotopic (exact) mass is 293 g/mol. The molecule has 6 nitrogen and oxygen atoms in total. The molecule has 0 bridgehead atoms. The first kappa shape index (κ1) is 19.8. The van der Waals surface area contributed by atoms with Crippen LogP contribution in [0.5, 0.6) is 0 Å². The summed E-state index contributed by atoms with van der Waals surface area (Å²) in [4.78, 5) is 10.2. The van der Waals surface area contributed by atoms with Gasteiger partial charge in [0.2, 0.25) is 0 Å². The fraction of sp³-hybridized carbons (Fsp3) is 1.00. The van der Waals surface area contributed by atoms with Crippen LogP contribution in [0.4, 0.5) is 0 Å². The van der Waals surface area contributed by atoms with Crippen LogP contribution in [-0.2, 0) is 9.68 Å². The lowest BCUT2D eigenvalue weighted by Gasteiger charge is -2.22. The van der Waals surface area contributed by atoms with Crippen molar-refractivity contribution < 1.29 is 25.0 Å². The maximum absolute atomic E-state index is 9.89. The van der Waals surface area contributed by atoms with Gasteiger partial charge in [-0.05, 0) is 6.42 Å². The van der Waals surface area contributed by atoms with Crippen LogP contribution in [-0.4, -0.2) is 59.6 Å². The van der Waals surface area contributed by atoms with E-state index < -0.39 is 6.10 Å². The molecular formula is C14H31NO5. The molecule has 6 heteroatoms. The Hall–Kier alpha value is -0.240. The van der Waals surface area contributed by atoms with Crippen LogP contribution in [0.3, 0.4) is 0 Å². The first-order chi connectivity index (χ1) is 9.74. The lowest BCUT2D eigenvalue weighted by atomic mass is 10.1. The summed E-state index contributed by atoms with van der Waals surface area (Å²) in [5.41, 5.74) is 0. The van der Waals surface area contributed by atoms with Crippen molar-refractivity contribution >= 4 is 0 Å². The van der Waals surface area contributed by atoms with Gasteiger partial charge < -0.3 is 15.3 Å². The molecule has 0 rings (SSSR count). The molecule has 0 radical (unpaired) electrons. The van der Waals surface area contributed by atoms with E-state index in [4.69, 9.17) is 19.9 Å². The van der Waals surface area contributed by atoms with Crippen molar-refractivity contribution in [2.75, 3.05) is 33.0 Å². The SMILES string of the molecule is CCCCCCCCC(O)CN(OCCO)OCCO. The number of rotatable bonds is 15. The summed E-state index contributed by atoms with van der Waals surface area (Å²) in [6, 6.07) is 0. The van der Waals surface area contributed by atoms with Crippen LogP contribution in [0, 0.1) is 0 Å². The Kier molecular flexibility index (Phi) is 15.0. The van der Waals surface area contributed by atoms with Gasteiger partial charge in [-0.25, -0.2) is 0 Å². The van der Waals surface area contributed by atoms with Crippen molar-refractivity contribution in [3.63, 3.8) is 0 Å². The highest BCUT2D eigenvalue weighted by molar-refractivity contribution is 4.57. The third-order valence-corrected chi connectivity index (χ3v) is 2.90. The second-order valence-electron chi connectivity index (χ2n) is 4.84. The van der Waals surface area contributed by atoms with Crippen molar-refractivity contribution in [3.8, 4) is 0 Å². The molecular weight excluding hydrogens is 262 g/mol. The summed E-state index contributed by atoms with van der Waals surface area (Å²) in [6.45, 7) is 2.38. The molecule has 0 aromatic heterocycles. The zero-order valence-corrected chi connectivity index (χ0v) is 12.7. The number of aliphatic hydroxyl groups excluding tert-OH is 3. The molecule has 0 aromatic rings. The van der Waals surface area contributed by atoms with Gasteiger partial charge >= 0.3 is 0 Å². The van der Waals surface area contributed by atoms with E-state index in [0.29, 0.717) is 6.42 Å². The van der Waals surface area contributed by atoms with Gasteiger partial charge in [0, 0.05) is 0 Å². The summed E-state index contributed by atoms with van der Waals surface area (Å²) in [6.07, 6.45) is 7.28. The van der Waals surface area contributed by atoms with Gasteiger partial charge in [-0.15, -0.1) is 0 Å². The zero-order valence-electron chi connectivity index (χ0n) is 12.7. The van der Waals surface area contributed by atoms with Gasteiger partial charge in [-0.2, -0.15) is 0 Å². The van der Waals surface area contributed by atoms with Crippen molar-refractivity contribution in [3.05, 3.63) is 0 Å². The molecule has 3 N–H and O–H groups in total. The van der Waals surface area contributed by atoms with Crippen molar-refractivity contribution in [2.45, 2.75) is 58.0 Å². The number of nitrogens with zero attached hydrogens (tertiary/aromatic N) is 1. The topological polar surface area (TPSA) is 82.4 Å². The normalized spacial score (nSPS) is 13.1. The average molecular weight is 293 g/mol. The van der Waals surface area contributed by atoms with E-state index in [-0.39, 0.29) is 33.0 Å². The number of unbranched alkanes of at least 4 members (excludes halogenated alkanes) is 5. The predicted molar refractivity (Wildman–Crippen MR) is 76.8 cm³/mol. The molecule has 0 fully saturated rings. The van der Waals surface area contributed by atoms with E-state index in [1.54, 1.807) is 0 Å². The summed E-state index contributed by atoms with van der Waals surface area (Å²) in [5, 5.41) is 28.4. The van der Waals surface area contributed by atoms with E-state index in [1.165, 1.54) is 25.7 Å². The van der Waals surface area contributed by atoms with Crippen LogP contribution in [0.1, 0.15) is 51.9 Å². The Morgan fingerprint density at radius 3 is 2.00 bits per heavy atom. The molecule has 0 amide bonds. The minimum absolute atomic E-state index is 0.106. The minimum atomic E-state index is -0.529. The van der Waals surface area contributed by atoms with E-state index in [9.17, 15) is 5.11 Å². The van der Waals surface area contributed by atoms with Crippen LogP contribution in [0.25, 0.3) is 0 Å². The van der Waals surface area contributed by atoms with E-state index in [0.717, 1.165) is 18.1 Å². The maximum atomic E-state index is 9.89. The lowest BCUT2D eigenvalue weighted by molar-refractivity contribution is -0.377. The predicted octanol–water partition coefficient (Wildman–Crippen LogP) is 1.25. The number of hydrogen-bond acceptors (Lipinski definition) is 6. The Bertz CT molecular complexity index is 186. The lowest BCUT2D eigenvalue weighted by Crippen LogP contribution is -2.34. The fourth-order valence-corrected chi connectivity index (χ4v) is 1.85. The van der Waals surface area contributed by atoms with E-state index in [1.807, 2.05) is 0 Å². The minimum Gasteiger partial charge on any atom is -0.394 e. The quantitative estimate of drug-likeness (QED) is 0.311. The Morgan fingerprint density at radius 2 is 1.45 bits per heavy atom. The Labute approximate surface area is 122 Å². The molecule has 0 aromatic carbocycles. The van der Waals surface area contributed by atoms with Gasteiger partial charge in [0.1, 0.15) is 0 Å². The molecule has 1 unspecified atom stereocenters. The summed E-state index contributed by atoms with van der Waals surface area (Å²) < 4.78 is 0. The summed E-state index contributed by atoms with van der Waals surface area (Å²) in [7, 11) is 0. The summed E-state index contributed by atoms with van der Waals surface area (Å²) >= 11 is 0. The first-order valence-corrected chi connectivity index (χ1v) is 7.67. The standard InChI is InChI=1S/C14H31NO5/c1-2-3-4-5-6-7-8-14(18)13-15(19-11-9-16)20-12-10-17/h14,16-18H,2-13H2,1H3. The largest absolute Gasteiger partial charge is 0.394 e. The van der Waals surface area contributed by atoms with Gasteiger partial charge in [0.05, 0.1) is 39.1 Å². The molecule has 0 aliphatic carbocycles. The van der Waals surface area contributed by atoms with Crippen molar-refractivity contribution in [1.29, 1.82) is 0 Å². The van der Waals surface area contributed by atoms with Crippen LogP contribution < -0.4 is 0 Å². The second kappa shape index (κ2) is 15.2. The first-order valence-electron chi connectivity index (χ1n) is 7.67. The number of hydroxylamine groups is 2. The Balaban J connectivity index is 3.67. The summed E-state index contributed by atoms with van der Waals surface area (Å²) in [5.74, 6) is 0. The van der Waals surface area contributed by atoms with Crippen LogP contribution >= 0.6 is 0 Å². The van der Waals surface area contributed by atoms with Crippen molar-refractivity contribution in [1.82, 2.24) is 5.23 Å². The third-order valence-electron chi connectivity index (χ3n) is 2.90. The van der Waals surface area contributed by atoms with E-state index >= 15 is 0 Å². The maximum Gasteiger partial charge on any atom is 0.0942 e. The molecule has 0 aliphatic rings. The molecule has 0 saturated heterocycles. The highest BCUT2D eigenvalue weighted by Gasteiger charge is 2.13. The van der Waals surface area contributed by atoms with Gasteiger partial charge in [-0.1, -0.05) is 50.7 Å². The fourth-order valence-electron chi connectivity index (χ4n) is 1.85. The van der Waals surface area contributed by atoms with Crippen LogP contribution in [0.2, 0.25) is 0 Å². The Morgan fingerprint density at radius 1 is 0.900 bits per heavy atom.